The molecule has 1 aliphatic heterocycles. The number of nitrogens with one attached hydrogen (secondary N) is 1. The van der Waals surface area contributed by atoms with Gasteiger partial charge in [-0.1, -0.05) is 11.8 Å². The number of hydrogen-bond donors (Lipinski definition) is 3. The molecule has 2 rings (SSSR count). The molecular weight excluding hydrogens is 264 g/mol. The Hall–Kier alpha value is -2.03. The van der Waals surface area contributed by atoms with Gasteiger partial charge in [0.05, 0.1) is 6.04 Å². The van der Waals surface area contributed by atoms with Gasteiger partial charge in [0.1, 0.15) is 6.61 Å². The number of rotatable bonds is 3. The summed E-state index contributed by atoms with van der Waals surface area (Å²) in [6, 6.07) is 2.04. The van der Waals surface area contributed by atoms with Crippen LogP contribution in [0.4, 0.5) is 9.59 Å². The molecule has 98 valence electrons. The van der Waals surface area contributed by atoms with Crippen LogP contribution in [0.15, 0.2) is 12.1 Å². The summed E-state index contributed by atoms with van der Waals surface area (Å²) < 4.78 is 5.24. The van der Waals surface area contributed by atoms with E-state index >= 15 is 0 Å². The van der Waals surface area contributed by atoms with Crippen LogP contribution in [0.3, 0.4) is 0 Å². The fourth-order valence-corrected chi connectivity index (χ4v) is 2.06. The van der Waals surface area contributed by atoms with Gasteiger partial charge in [0, 0.05) is 17.9 Å². The molecule has 1 aromatic heterocycles. The van der Waals surface area contributed by atoms with Crippen molar-refractivity contribution >= 4 is 23.2 Å². The van der Waals surface area contributed by atoms with Gasteiger partial charge in [-0.3, -0.25) is 9.63 Å². The van der Waals surface area contributed by atoms with Crippen molar-refractivity contribution in [2.24, 2.45) is 0 Å². The first-order valence-electron chi connectivity index (χ1n) is 4.94. The van der Waals surface area contributed by atoms with E-state index in [1.807, 2.05) is 0 Å². The third kappa shape index (κ3) is 2.80. The maximum absolute atomic E-state index is 11.2. The van der Waals surface area contributed by atoms with Gasteiger partial charge in [0.15, 0.2) is 0 Å². The van der Waals surface area contributed by atoms with Crippen LogP contribution in [0.1, 0.15) is 0 Å². The average Bonchev–Trinajstić information content (AvgIpc) is 2.87. The summed E-state index contributed by atoms with van der Waals surface area (Å²) >= 11 is 1.10. The lowest BCUT2D eigenvalue weighted by atomic mass is 10.4. The standard InChI is InChI=1S/C9H10N2O6S/c12-6-1-2-7(13)11(6)17-9(15)16-3-5-4-18-8(14)10-5/h1-2,5,12-13H,3-4H2,(H,10,14)/t5-/m0/s1. The molecule has 0 spiro atoms. The summed E-state index contributed by atoms with van der Waals surface area (Å²) in [6.07, 6.45) is -1.09. The Morgan fingerprint density at radius 2 is 2.17 bits per heavy atom. The number of hydrogen-bond acceptors (Lipinski definition) is 7. The highest BCUT2D eigenvalue weighted by Gasteiger charge is 2.23. The molecule has 1 amide bonds. The molecule has 18 heavy (non-hydrogen) atoms. The monoisotopic (exact) mass is 274 g/mol. The van der Waals surface area contributed by atoms with Crippen molar-refractivity contribution in [2.75, 3.05) is 12.4 Å². The van der Waals surface area contributed by atoms with Crippen molar-refractivity contribution in [1.82, 2.24) is 10.0 Å². The van der Waals surface area contributed by atoms with Crippen LogP contribution in [0, 0.1) is 0 Å². The second-order valence-electron chi connectivity index (χ2n) is 3.44. The van der Waals surface area contributed by atoms with Crippen molar-refractivity contribution in [1.29, 1.82) is 0 Å². The van der Waals surface area contributed by atoms with Crippen molar-refractivity contribution in [2.45, 2.75) is 6.04 Å². The Morgan fingerprint density at radius 3 is 2.72 bits per heavy atom. The van der Waals surface area contributed by atoms with Gasteiger partial charge in [-0.25, -0.2) is 4.79 Å². The fraction of sp³-hybridized carbons (Fsp3) is 0.333. The molecule has 0 aliphatic carbocycles. The summed E-state index contributed by atoms with van der Waals surface area (Å²) in [4.78, 5) is 26.6. The van der Waals surface area contributed by atoms with Crippen LogP contribution in [0.25, 0.3) is 0 Å². The second kappa shape index (κ2) is 5.08. The number of carbonyl (C=O) groups excluding carboxylic acids is 2. The summed E-state index contributed by atoms with van der Waals surface area (Å²) in [5.41, 5.74) is 0. The van der Waals surface area contributed by atoms with Gasteiger partial charge in [-0.15, -0.1) is 4.73 Å². The molecule has 9 heteroatoms. The first kappa shape index (κ1) is 12.4. The van der Waals surface area contributed by atoms with Crippen molar-refractivity contribution in [3.63, 3.8) is 0 Å². The minimum atomic E-state index is -1.09. The summed E-state index contributed by atoms with van der Waals surface area (Å²) in [5.74, 6) is -0.366. The largest absolute Gasteiger partial charge is 0.534 e. The van der Waals surface area contributed by atoms with Crippen LogP contribution in [-0.4, -0.2) is 44.7 Å². The van der Waals surface area contributed by atoms with E-state index in [1.165, 1.54) is 0 Å². The molecule has 8 nitrogen and oxygen atoms in total. The third-order valence-corrected chi connectivity index (χ3v) is 3.05. The van der Waals surface area contributed by atoms with E-state index in [4.69, 9.17) is 4.74 Å². The van der Waals surface area contributed by atoms with E-state index < -0.39 is 17.9 Å². The van der Waals surface area contributed by atoms with Gasteiger partial charge >= 0.3 is 6.16 Å². The molecule has 0 unspecified atom stereocenters. The molecule has 0 radical (unpaired) electrons. The molecule has 0 saturated carbocycles. The number of ether oxygens (including phenoxy) is 1. The Kier molecular flexibility index (Phi) is 3.51. The molecule has 1 aromatic rings. The highest BCUT2D eigenvalue weighted by molar-refractivity contribution is 8.13. The van der Waals surface area contributed by atoms with Gasteiger partial charge < -0.3 is 20.3 Å². The van der Waals surface area contributed by atoms with Crippen LogP contribution in [-0.2, 0) is 4.74 Å². The topological polar surface area (TPSA) is 110 Å². The first-order valence-corrected chi connectivity index (χ1v) is 5.93. The zero-order valence-electron chi connectivity index (χ0n) is 9.03. The van der Waals surface area contributed by atoms with E-state index in [9.17, 15) is 19.8 Å². The van der Waals surface area contributed by atoms with Crippen molar-refractivity contribution in [3.8, 4) is 11.8 Å². The van der Waals surface area contributed by atoms with E-state index in [0.717, 1.165) is 23.9 Å². The van der Waals surface area contributed by atoms with Gasteiger partial charge in [0.2, 0.25) is 11.8 Å². The SMILES string of the molecule is O=C(OC[C@H]1CSC(=O)N1)On1c(O)ccc1O. The Balaban J connectivity index is 1.80. The highest BCUT2D eigenvalue weighted by Crippen LogP contribution is 2.19. The molecule has 0 bridgehead atoms. The second-order valence-corrected chi connectivity index (χ2v) is 4.43. The van der Waals surface area contributed by atoms with Crippen LogP contribution < -0.4 is 10.2 Å². The van der Waals surface area contributed by atoms with Crippen molar-refractivity contribution < 1.29 is 29.4 Å². The smallest absolute Gasteiger partial charge is 0.492 e. The number of aromatic hydroxyl groups is 2. The quantitative estimate of drug-likeness (QED) is 0.679. The summed E-state index contributed by atoms with van der Waals surface area (Å²) in [7, 11) is 0. The van der Waals surface area contributed by atoms with E-state index in [1.54, 1.807) is 0 Å². The van der Waals surface area contributed by atoms with E-state index in [0.29, 0.717) is 10.5 Å². The Morgan fingerprint density at radius 1 is 1.50 bits per heavy atom. The summed E-state index contributed by atoms with van der Waals surface area (Å²) in [6.45, 7) is -0.0413. The lowest BCUT2D eigenvalue weighted by Gasteiger charge is -2.10. The van der Waals surface area contributed by atoms with Crippen LogP contribution in [0.2, 0.25) is 0 Å². The molecule has 0 aromatic carbocycles. The fourth-order valence-electron chi connectivity index (χ4n) is 1.28. The van der Waals surface area contributed by atoms with Gasteiger partial charge in [-0.2, -0.15) is 0 Å². The zero-order chi connectivity index (χ0) is 13.1. The number of nitrogens with zero attached hydrogens (tertiary/aromatic N) is 1. The molecule has 3 N–H and O–H groups in total. The first-order chi connectivity index (χ1) is 8.56. The predicted octanol–water partition coefficient (Wildman–Crippen LogP) is 0.289. The molecular formula is C9H10N2O6S. The molecule has 1 fully saturated rings. The minimum absolute atomic E-state index is 0.0413. The number of thioether (sulfide) groups is 1. The Bertz CT molecular complexity index is 454. The summed E-state index contributed by atoms with van der Waals surface area (Å²) in [5, 5.41) is 20.8. The normalized spacial score (nSPS) is 18.4. The van der Waals surface area contributed by atoms with Crippen molar-refractivity contribution in [3.05, 3.63) is 12.1 Å². The maximum Gasteiger partial charge on any atom is 0.534 e. The molecule has 1 saturated heterocycles. The Labute approximate surface area is 105 Å². The highest BCUT2D eigenvalue weighted by atomic mass is 32.2. The molecule has 1 aliphatic rings. The van der Waals surface area contributed by atoms with Gasteiger partial charge in [0.25, 0.3) is 5.24 Å². The average molecular weight is 274 g/mol. The van der Waals surface area contributed by atoms with Crippen LogP contribution >= 0.6 is 11.8 Å². The zero-order valence-corrected chi connectivity index (χ0v) is 9.85. The predicted molar refractivity (Wildman–Crippen MR) is 60.5 cm³/mol. The minimum Gasteiger partial charge on any atom is -0.492 e. The van der Waals surface area contributed by atoms with E-state index in [-0.39, 0.29) is 17.9 Å². The lowest BCUT2D eigenvalue weighted by Crippen LogP contribution is -2.33. The number of carbonyl (C=O) groups is 2. The number of aromatic nitrogens is 1. The van der Waals surface area contributed by atoms with E-state index in [2.05, 4.69) is 10.2 Å². The molecule has 1 atom stereocenters. The van der Waals surface area contributed by atoms with Gasteiger partial charge in [-0.05, 0) is 0 Å². The van der Waals surface area contributed by atoms with Crippen LogP contribution in [0.5, 0.6) is 11.8 Å². The molecule has 2 heterocycles. The third-order valence-electron chi connectivity index (χ3n) is 2.10. The lowest BCUT2D eigenvalue weighted by molar-refractivity contribution is 0.0325. The maximum atomic E-state index is 11.2. The number of amides is 1.